The van der Waals surface area contributed by atoms with Crippen molar-refractivity contribution in [1.82, 2.24) is 0 Å². The third kappa shape index (κ3) is 13.3. The summed E-state index contributed by atoms with van der Waals surface area (Å²) < 4.78 is 11.2. The molecule has 0 bridgehead atoms. The predicted octanol–water partition coefficient (Wildman–Crippen LogP) is 6.96. The zero-order valence-electron chi connectivity index (χ0n) is 23.0. The Hall–Kier alpha value is -2.08. The topological polar surface area (TPSA) is 98.8 Å². The molecule has 36 heavy (non-hydrogen) atoms. The van der Waals surface area contributed by atoms with E-state index in [0.29, 0.717) is 24.2 Å². The number of amides is 1. The molecule has 0 saturated carbocycles. The van der Waals surface area contributed by atoms with Crippen molar-refractivity contribution in [1.29, 1.82) is 0 Å². The van der Waals surface area contributed by atoms with Crippen molar-refractivity contribution in [2.75, 3.05) is 7.11 Å². The zero-order chi connectivity index (χ0) is 26.6. The van der Waals surface area contributed by atoms with Crippen molar-refractivity contribution in [2.24, 2.45) is 11.7 Å². The molecule has 1 aromatic rings. The maximum atomic E-state index is 12.4. The fourth-order valence-corrected chi connectivity index (χ4v) is 4.70. The van der Waals surface area contributed by atoms with Crippen LogP contribution in [0.3, 0.4) is 0 Å². The van der Waals surface area contributed by atoms with E-state index in [0.717, 1.165) is 44.9 Å². The van der Waals surface area contributed by atoms with E-state index in [2.05, 4.69) is 13.8 Å². The first-order chi connectivity index (χ1) is 17.4. The van der Waals surface area contributed by atoms with E-state index in [1.807, 2.05) is 0 Å². The number of methoxy groups -OCH3 is 1. The van der Waals surface area contributed by atoms with Gasteiger partial charge in [-0.1, -0.05) is 103 Å². The molecule has 0 aliphatic carbocycles. The minimum atomic E-state index is -0.872. The summed E-state index contributed by atoms with van der Waals surface area (Å²) in [6.45, 7) is 4.38. The molecule has 6 heteroatoms. The number of hydrogen-bond donors (Lipinski definition) is 2. The van der Waals surface area contributed by atoms with Crippen molar-refractivity contribution in [3.05, 3.63) is 29.8 Å². The molecule has 0 aliphatic heterocycles. The number of aliphatic hydroxyl groups is 1. The van der Waals surface area contributed by atoms with Crippen molar-refractivity contribution in [3.63, 3.8) is 0 Å². The number of nitrogens with two attached hydrogens (primary N) is 1. The molecule has 0 fully saturated rings. The molecule has 0 aliphatic rings. The van der Waals surface area contributed by atoms with Crippen LogP contribution >= 0.6 is 0 Å². The third-order valence-corrected chi connectivity index (χ3v) is 6.92. The van der Waals surface area contributed by atoms with Gasteiger partial charge in [0.2, 0.25) is 0 Å². The van der Waals surface area contributed by atoms with Gasteiger partial charge in [0, 0.05) is 6.42 Å². The van der Waals surface area contributed by atoms with Gasteiger partial charge in [-0.05, 0) is 31.4 Å². The largest absolute Gasteiger partial charge is 0.489 e. The molecule has 1 amide bonds. The SMILES string of the molecule is CCCCCCCCCCC[C@@H](C[C@H](O)[C@H](CCCCCC)C(=O)OC)Oc1ccccc1C(N)=O. The number of ether oxygens (including phenoxy) is 2. The Kier molecular flexibility index (Phi) is 17.8. The van der Waals surface area contributed by atoms with Crippen LogP contribution in [0.5, 0.6) is 5.75 Å². The van der Waals surface area contributed by atoms with Crippen LogP contribution in [0.25, 0.3) is 0 Å². The number of benzene rings is 1. The highest BCUT2D eigenvalue weighted by Gasteiger charge is 2.30. The average Bonchev–Trinajstić information content (AvgIpc) is 2.87. The number of carbonyl (C=O) groups excluding carboxylic acids is 2. The molecule has 0 aromatic heterocycles. The van der Waals surface area contributed by atoms with E-state index < -0.39 is 17.9 Å². The van der Waals surface area contributed by atoms with Gasteiger partial charge in [-0.15, -0.1) is 0 Å². The second-order valence-electron chi connectivity index (χ2n) is 10.00. The normalized spacial score (nSPS) is 13.7. The fourth-order valence-electron chi connectivity index (χ4n) is 4.70. The van der Waals surface area contributed by atoms with Crippen LogP contribution in [0, 0.1) is 5.92 Å². The summed E-state index contributed by atoms with van der Waals surface area (Å²) in [7, 11) is 1.37. The Labute approximate surface area is 219 Å². The minimum Gasteiger partial charge on any atom is -0.489 e. The lowest BCUT2D eigenvalue weighted by atomic mass is 9.90. The van der Waals surface area contributed by atoms with E-state index in [1.54, 1.807) is 24.3 Å². The van der Waals surface area contributed by atoms with Crippen molar-refractivity contribution < 1.29 is 24.2 Å². The summed E-state index contributed by atoms with van der Waals surface area (Å²) in [4.78, 5) is 24.3. The number of rotatable bonds is 22. The number of primary amides is 1. The molecule has 0 radical (unpaired) electrons. The van der Waals surface area contributed by atoms with Gasteiger partial charge in [-0.25, -0.2) is 0 Å². The van der Waals surface area contributed by atoms with Crippen molar-refractivity contribution in [2.45, 2.75) is 129 Å². The van der Waals surface area contributed by atoms with Gasteiger partial charge in [0.25, 0.3) is 5.91 Å². The highest BCUT2D eigenvalue weighted by Crippen LogP contribution is 2.26. The molecular formula is C30H51NO5. The molecule has 6 nitrogen and oxygen atoms in total. The number of esters is 1. The Morgan fingerprint density at radius 1 is 0.833 bits per heavy atom. The van der Waals surface area contributed by atoms with E-state index >= 15 is 0 Å². The lowest BCUT2D eigenvalue weighted by molar-refractivity contribution is -0.150. The van der Waals surface area contributed by atoms with Crippen LogP contribution in [-0.4, -0.2) is 36.3 Å². The van der Waals surface area contributed by atoms with Crippen molar-refractivity contribution >= 4 is 11.9 Å². The predicted molar refractivity (Wildman–Crippen MR) is 146 cm³/mol. The molecule has 1 rings (SSSR count). The van der Waals surface area contributed by atoms with E-state index in [1.165, 1.54) is 52.1 Å². The van der Waals surface area contributed by atoms with Gasteiger partial charge in [0.1, 0.15) is 11.9 Å². The van der Waals surface area contributed by atoms with Gasteiger partial charge in [0.15, 0.2) is 0 Å². The summed E-state index contributed by atoms with van der Waals surface area (Å²) >= 11 is 0. The van der Waals surface area contributed by atoms with Crippen LogP contribution in [0.2, 0.25) is 0 Å². The number of aliphatic hydroxyl groups excluding tert-OH is 1. The first-order valence-corrected chi connectivity index (χ1v) is 14.3. The van der Waals surface area contributed by atoms with Gasteiger partial charge in [-0.3, -0.25) is 9.59 Å². The van der Waals surface area contributed by atoms with Gasteiger partial charge >= 0.3 is 5.97 Å². The van der Waals surface area contributed by atoms with E-state index in [9.17, 15) is 14.7 Å². The molecule has 0 spiro atoms. The molecule has 0 unspecified atom stereocenters. The first kappa shape index (κ1) is 31.9. The Morgan fingerprint density at radius 2 is 1.36 bits per heavy atom. The van der Waals surface area contributed by atoms with Gasteiger partial charge in [-0.2, -0.15) is 0 Å². The molecule has 0 heterocycles. The van der Waals surface area contributed by atoms with Crippen LogP contribution in [0.1, 0.15) is 127 Å². The summed E-state index contributed by atoms with van der Waals surface area (Å²) in [6, 6.07) is 6.94. The molecule has 206 valence electrons. The molecule has 3 atom stereocenters. The third-order valence-electron chi connectivity index (χ3n) is 6.92. The van der Waals surface area contributed by atoms with E-state index in [4.69, 9.17) is 15.2 Å². The smallest absolute Gasteiger partial charge is 0.311 e. The molecule has 0 saturated heterocycles. The summed E-state index contributed by atoms with van der Waals surface area (Å²) in [6.07, 6.45) is 15.5. The fraction of sp³-hybridized carbons (Fsp3) is 0.733. The van der Waals surface area contributed by atoms with Crippen LogP contribution in [0.15, 0.2) is 24.3 Å². The number of unbranched alkanes of at least 4 members (excludes halogenated alkanes) is 11. The minimum absolute atomic E-state index is 0.303. The molecular weight excluding hydrogens is 454 g/mol. The van der Waals surface area contributed by atoms with Crippen LogP contribution in [0.4, 0.5) is 0 Å². The monoisotopic (exact) mass is 505 g/mol. The summed E-state index contributed by atoms with van der Waals surface area (Å²) in [5.74, 6) is -1.07. The van der Waals surface area contributed by atoms with Crippen LogP contribution in [-0.2, 0) is 9.53 Å². The van der Waals surface area contributed by atoms with E-state index in [-0.39, 0.29) is 12.1 Å². The lowest BCUT2D eigenvalue weighted by Gasteiger charge is -2.26. The summed E-state index contributed by atoms with van der Waals surface area (Å²) in [5.41, 5.74) is 5.87. The van der Waals surface area contributed by atoms with Gasteiger partial charge in [0.05, 0.1) is 24.7 Å². The maximum absolute atomic E-state index is 12.4. The Bertz CT molecular complexity index is 723. The molecule has 3 N–H and O–H groups in total. The quantitative estimate of drug-likeness (QED) is 0.131. The standard InChI is InChI=1S/C30H51NO5/c1-4-6-8-10-11-12-13-14-15-19-24(36-28-22-18-17-21-26(28)29(31)33)23-27(32)25(30(34)35-3)20-16-9-7-5-2/h17-18,21-22,24-25,27,32H,4-16,19-20,23H2,1-3H3,(H2,31,33)/t24-,25-,27-/m0/s1. The molecule has 1 aromatic carbocycles. The number of hydrogen-bond acceptors (Lipinski definition) is 5. The zero-order valence-corrected chi connectivity index (χ0v) is 23.0. The average molecular weight is 506 g/mol. The second-order valence-corrected chi connectivity index (χ2v) is 10.00. The van der Waals surface area contributed by atoms with Crippen LogP contribution < -0.4 is 10.5 Å². The first-order valence-electron chi connectivity index (χ1n) is 14.3. The number of carbonyl (C=O) groups is 2. The maximum Gasteiger partial charge on any atom is 0.311 e. The summed E-state index contributed by atoms with van der Waals surface area (Å²) in [5, 5.41) is 11.1. The number of para-hydroxylation sites is 1. The van der Waals surface area contributed by atoms with Crippen molar-refractivity contribution in [3.8, 4) is 5.75 Å². The van der Waals surface area contributed by atoms with Gasteiger partial charge < -0.3 is 20.3 Å². The Morgan fingerprint density at radius 3 is 1.94 bits per heavy atom. The highest BCUT2D eigenvalue weighted by atomic mass is 16.5. The highest BCUT2D eigenvalue weighted by molar-refractivity contribution is 5.95. The second kappa shape index (κ2) is 20.0. The Balaban J connectivity index is 2.77. The lowest BCUT2D eigenvalue weighted by Crippen LogP contribution is -2.34.